The third-order valence-electron chi connectivity index (χ3n) is 16.1. The summed E-state index contributed by atoms with van der Waals surface area (Å²) in [5, 5.41) is 17.2. The molecule has 3 saturated heterocycles. The zero-order valence-electron chi connectivity index (χ0n) is 48.6. The zero-order valence-corrected chi connectivity index (χ0v) is 48.6. The number of aliphatic hydroxyl groups excluding tert-OH is 1. The van der Waals surface area contributed by atoms with Gasteiger partial charge in [0.25, 0.3) is 5.91 Å². The van der Waals surface area contributed by atoms with Crippen molar-refractivity contribution in [3.05, 3.63) is 29.8 Å². The van der Waals surface area contributed by atoms with Crippen LogP contribution in [0.4, 0.5) is 0 Å². The summed E-state index contributed by atoms with van der Waals surface area (Å²) < 4.78 is 17.0. The van der Waals surface area contributed by atoms with Crippen LogP contribution in [0, 0.1) is 35.5 Å². The van der Waals surface area contributed by atoms with E-state index in [1.54, 1.807) is 56.9 Å². The molecule has 1 aromatic carbocycles. The van der Waals surface area contributed by atoms with Crippen LogP contribution < -0.4 is 21.1 Å². The van der Waals surface area contributed by atoms with E-state index in [-0.39, 0.29) is 55.5 Å². The van der Waals surface area contributed by atoms with Crippen molar-refractivity contribution in [2.75, 3.05) is 27.7 Å². The maximum atomic E-state index is 15.0. The second-order valence-electron chi connectivity index (χ2n) is 22.8. The van der Waals surface area contributed by atoms with Gasteiger partial charge in [-0.15, -0.1) is 0 Å². The molecular formula is C57H87N7O15. The number of likely N-dealkylation sites (tertiary alicyclic amines) is 1. The second kappa shape index (κ2) is 28.6. The first-order valence-electron chi connectivity index (χ1n) is 27.8. The highest BCUT2D eigenvalue weighted by atomic mass is 16.6. The van der Waals surface area contributed by atoms with E-state index in [1.807, 2.05) is 20.8 Å². The van der Waals surface area contributed by atoms with Crippen LogP contribution in [0.5, 0.6) is 5.75 Å². The Labute approximate surface area is 464 Å². The molecule has 2 unspecified atom stereocenters. The van der Waals surface area contributed by atoms with Gasteiger partial charge in [-0.25, -0.2) is 4.79 Å². The topological polar surface area (TPSA) is 299 Å². The number of nitrogens with one attached hydrogen (secondary N) is 2. The molecule has 0 saturated carbocycles. The molecule has 0 radical (unpaired) electrons. The molecule has 7 amide bonds. The lowest BCUT2D eigenvalue weighted by Crippen LogP contribution is -2.62. The quantitative estimate of drug-likeness (QED) is 0.0559. The summed E-state index contributed by atoms with van der Waals surface area (Å²) >= 11 is 0. The van der Waals surface area contributed by atoms with Crippen LogP contribution in [0.25, 0.3) is 0 Å². The number of rotatable bonds is 27. The number of ketones is 2. The van der Waals surface area contributed by atoms with Crippen LogP contribution >= 0.6 is 0 Å². The van der Waals surface area contributed by atoms with Crippen LogP contribution in [-0.4, -0.2) is 178 Å². The maximum Gasteiger partial charge on any atom is 0.329 e. The molecule has 3 aliphatic heterocycles. The minimum Gasteiger partial charge on any atom is -0.497 e. The van der Waals surface area contributed by atoms with Crippen LogP contribution in [0.1, 0.15) is 133 Å². The normalized spacial score (nSPS) is 22.4. The first-order valence-corrected chi connectivity index (χ1v) is 27.8. The maximum absolute atomic E-state index is 15.0. The van der Waals surface area contributed by atoms with Gasteiger partial charge < -0.3 is 55.3 Å². The van der Waals surface area contributed by atoms with Crippen molar-refractivity contribution in [3.63, 3.8) is 0 Å². The van der Waals surface area contributed by atoms with E-state index < -0.39 is 138 Å². The highest BCUT2D eigenvalue weighted by Gasteiger charge is 2.50. The molecule has 5 N–H and O–H groups in total. The van der Waals surface area contributed by atoms with Crippen molar-refractivity contribution in [1.29, 1.82) is 0 Å². The molecule has 1 aromatic rings. The van der Waals surface area contributed by atoms with Crippen molar-refractivity contribution < 1.29 is 72.1 Å². The number of nitrogens with two attached hydrogens (primary N) is 1. The smallest absolute Gasteiger partial charge is 0.329 e. The summed E-state index contributed by atoms with van der Waals surface area (Å²) in [5.74, 6) is -10.6. The van der Waals surface area contributed by atoms with Crippen LogP contribution in [0.2, 0.25) is 0 Å². The van der Waals surface area contributed by atoms with Crippen LogP contribution in [0.3, 0.4) is 0 Å². The minimum absolute atomic E-state index is 0.0499. The number of aliphatic hydroxyl groups is 1. The average Bonchev–Trinajstić information content (AvgIpc) is 4.12. The third kappa shape index (κ3) is 16.1. The van der Waals surface area contributed by atoms with Gasteiger partial charge in [-0.2, -0.15) is 0 Å². The van der Waals surface area contributed by atoms with Gasteiger partial charge >= 0.3 is 11.9 Å². The Balaban J connectivity index is 1.76. The Morgan fingerprint density at radius 1 is 0.823 bits per heavy atom. The number of fused-ring (bicyclic) bond motifs is 1. The number of likely N-dealkylation sites (N-methyl/N-ethyl adjacent to an activating group) is 2. The number of benzene rings is 1. The minimum atomic E-state index is -1.78. The number of ether oxygens (including phenoxy) is 3. The number of carbonyl (C=O) groups excluding carboxylic acids is 11. The number of methoxy groups -OCH3 is 1. The van der Waals surface area contributed by atoms with E-state index >= 15 is 4.79 Å². The van der Waals surface area contributed by atoms with Gasteiger partial charge in [-0.3, -0.25) is 47.9 Å². The lowest BCUT2D eigenvalue weighted by atomic mass is 9.85. The first-order chi connectivity index (χ1) is 37.0. The number of Topliss-reactive ketones (excluding diaryl/α,β-unsaturated/α-hetero) is 2. The fraction of sp³-hybridized carbons (Fsp3) is 0.702. The first kappa shape index (κ1) is 65.1. The molecule has 79 heavy (non-hydrogen) atoms. The van der Waals surface area contributed by atoms with Gasteiger partial charge in [-0.05, 0) is 93.7 Å². The predicted octanol–water partition coefficient (Wildman–Crippen LogP) is 2.51. The number of esters is 2. The van der Waals surface area contributed by atoms with E-state index in [2.05, 4.69) is 17.6 Å². The molecule has 3 heterocycles. The molecule has 0 aliphatic carbocycles. The molecule has 14 atom stereocenters. The number of piperidine rings is 1. The lowest BCUT2D eigenvalue weighted by Gasteiger charge is -2.41. The van der Waals surface area contributed by atoms with Crippen LogP contribution in [0.15, 0.2) is 24.3 Å². The predicted molar refractivity (Wildman–Crippen MR) is 289 cm³/mol. The highest BCUT2D eigenvalue weighted by Crippen LogP contribution is 2.39. The largest absolute Gasteiger partial charge is 0.497 e. The molecule has 3 aliphatic rings. The van der Waals surface area contributed by atoms with Crippen molar-refractivity contribution in [2.24, 2.45) is 41.2 Å². The van der Waals surface area contributed by atoms with Crippen molar-refractivity contribution >= 4 is 64.9 Å². The van der Waals surface area contributed by atoms with Gasteiger partial charge in [0, 0.05) is 45.9 Å². The summed E-state index contributed by atoms with van der Waals surface area (Å²) in [6.45, 7) is 18.1. The SMILES string of the molecule is CC[C@H](C)[C@@H](NC(=O)[C@@H](NC(=O)[C@H](CC(C)C)N(C)C(=O)[C@@H]1CCCN1C(=O)C(C)=O)[C@@H](C)OC(=O)[C@H](Cc1ccc(OC)cc1)N(C)C(=O)[C@@H]1CCC2C(C)C[C@H](C)C(=O)N21)[C@@H](O)CC(=O)O[C@H](C(=O)[C@H](C)C(N)=O)C(C)C. The number of primary amides is 1. The molecule has 3 fully saturated rings. The molecule has 0 bridgehead atoms. The molecular weight excluding hydrogens is 1020 g/mol. The van der Waals surface area contributed by atoms with Gasteiger partial charge in [0.05, 0.1) is 31.6 Å². The van der Waals surface area contributed by atoms with E-state index in [9.17, 15) is 53.1 Å². The molecule has 22 nitrogen and oxygen atoms in total. The number of hydrogen-bond donors (Lipinski definition) is 4. The Morgan fingerprint density at radius 3 is 1.99 bits per heavy atom. The fourth-order valence-corrected chi connectivity index (χ4v) is 11.0. The summed E-state index contributed by atoms with van der Waals surface area (Å²) in [7, 11) is 4.32. The van der Waals surface area contributed by atoms with Gasteiger partial charge in [0.1, 0.15) is 42.1 Å². The van der Waals surface area contributed by atoms with E-state index in [1.165, 1.54) is 49.8 Å². The van der Waals surface area contributed by atoms with E-state index in [0.29, 0.717) is 43.4 Å². The standard InChI is InChI=1S/C57H87N7O15/c1-15-31(6)46(44(66)28-45(67)79-49(30(4)5)48(68)34(9)50(58)69)59-52(71)47(60-51(70)42(25-29(2)3)61(12)55(74)40-17-16-24-63(40)54(73)35(10)65)36(11)78-57(76)43(27-37-18-20-38(77-14)21-19-37)62(13)56(75)41-23-22-39-32(7)26-33(8)53(72)64(39)41/h18-21,29-34,36,39-44,46-47,49,66H,15-17,22-28H2,1-14H3,(H2,58,69)(H,59,71)(H,60,70)/t31-,32?,33-,34-,36+,39?,40-,41-,42-,43-,44-,46+,47-,49-/m0/s1. The number of amides is 7. The summed E-state index contributed by atoms with van der Waals surface area (Å²) in [4.78, 5) is 156. The lowest BCUT2D eigenvalue weighted by molar-refractivity contribution is -0.163. The third-order valence-corrected chi connectivity index (χ3v) is 16.1. The summed E-state index contributed by atoms with van der Waals surface area (Å²) in [5.41, 5.74) is 5.97. The number of carbonyl (C=O) groups is 11. The van der Waals surface area contributed by atoms with Crippen LogP contribution in [-0.2, 0) is 68.6 Å². The monoisotopic (exact) mass is 1110 g/mol. The van der Waals surface area contributed by atoms with E-state index in [0.717, 1.165) is 6.92 Å². The van der Waals surface area contributed by atoms with Gasteiger partial charge in [0.2, 0.25) is 41.2 Å². The Bertz CT molecular complexity index is 2400. The molecule has 22 heteroatoms. The number of nitrogens with zero attached hydrogens (tertiary/aromatic N) is 4. The summed E-state index contributed by atoms with van der Waals surface area (Å²) in [6.07, 6.45) is -2.73. The molecule has 440 valence electrons. The Morgan fingerprint density at radius 2 is 1.43 bits per heavy atom. The molecule has 4 rings (SSSR count). The van der Waals surface area contributed by atoms with Crippen molar-refractivity contribution in [3.8, 4) is 5.75 Å². The van der Waals surface area contributed by atoms with Crippen molar-refractivity contribution in [2.45, 2.75) is 195 Å². The molecule has 0 spiro atoms. The molecule has 0 aromatic heterocycles. The fourth-order valence-electron chi connectivity index (χ4n) is 11.0. The summed E-state index contributed by atoms with van der Waals surface area (Å²) in [6, 6.07) is -0.931. The Hall–Kier alpha value is -6.45. The van der Waals surface area contributed by atoms with E-state index in [4.69, 9.17) is 19.9 Å². The second-order valence-corrected chi connectivity index (χ2v) is 22.8. The zero-order chi connectivity index (χ0) is 59.5. The van der Waals surface area contributed by atoms with Gasteiger partial charge in [-0.1, -0.05) is 73.9 Å². The highest BCUT2D eigenvalue weighted by molar-refractivity contribution is 6.35. The van der Waals surface area contributed by atoms with Gasteiger partial charge in [0.15, 0.2) is 11.9 Å². The average molecular weight is 1110 g/mol. The Kier molecular flexibility index (Phi) is 23.6. The number of hydrogen-bond acceptors (Lipinski definition) is 15. The van der Waals surface area contributed by atoms with Crippen molar-refractivity contribution in [1.82, 2.24) is 30.2 Å².